The van der Waals surface area contributed by atoms with Crippen molar-refractivity contribution in [1.82, 2.24) is 4.90 Å². The third-order valence-corrected chi connectivity index (χ3v) is 5.90. The van der Waals surface area contributed by atoms with E-state index >= 15 is 0 Å². The first-order valence-corrected chi connectivity index (χ1v) is 9.93. The number of halogens is 1. The summed E-state index contributed by atoms with van der Waals surface area (Å²) in [6.45, 7) is 2.80. The third kappa shape index (κ3) is 4.43. The standard InChI is InChI=1S/C21H28FNO4/c1-25-19-6-5-16(9-18(19)22)10-20(24)23-8-2-7-21(14-23)11-17(13-27-21)26-12-15-3-4-15/h5-6,9,15,17H,2-4,7-8,10-14H2,1H3/t17-,21-/m1/s1. The highest BCUT2D eigenvalue weighted by Crippen LogP contribution is 2.37. The number of piperidine rings is 1. The number of benzene rings is 1. The topological polar surface area (TPSA) is 48.0 Å². The van der Waals surface area contributed by atoms with Gasteiger partial charge in [0.05, 0.1) is 31.8 Å². The van der Waals surface area contributed by atoms with Crippen molar-refractivity contribution in [2.45, 2.75) is 50.2 Å². The highest BCUT2D eigenvalue weighted by Gasteiger charge is 2.45. The molecule has 4 rings (SSSR count). The van der Waals surface area contributed by atoms with Crippen LogP contribution in [-0.4, -0.2) is 55.9 Å². The molecule has 2 heterocycles. The van der Waals surface area contributed by atoms with Crippen LogP contribution in [0.3, 0.4) is 0 Å². The van der Waals surface area contributed by atoms with Crippen molar-refractivity contribution in [3.63, 3.8) is 0 Å². The Labute approximate surface area is 159 Å². The largest absolute Gasteiger partial charge is 0.494 e. The fourth-order valence-electron chi connectivity index (χ4n) is 4.17. The lowest BCUT2D eigenvalue weighted by atomic mass is 9.89. The molecule has 3 aliphatic rings. The molecule has 1 aliphatic carbocycles. The van der Waals surface area contributed by atoms with E-state index in [1.165, 1.54) is 26.0 Å². The summed E-state index contributed by atoms with van der Waals surface area (Å²) in [5.41, 5.74) is 0.392. The zero-order chi connectivity index (χ0) is 18.9. The number of hydrogen-bond donors (Lipinski definition) is 0. The lowest BCUT2D eigenvalue weighted by molar-refractivity contribution is -0.138. The van der Waals surface area contributed by atoms with Crippen molar-refractivity contribution in [2.75, 3.05) is 33.4 Å². The summed E-state index contributed by atoms with van der Waals surface area (Å²) in [6.07, 6.45) is 5.67. The Kier molecular flexibility index (Phi) is 5.37. The summed E-state index contributed by atoms with van der Waals surface area (Å²) in [5.74, 6) is 0.521. The van der Waals surface area contributed by atoms with Gasteiger partial charge in [0, 0.05) is 26.1 Å². The predicted molar refractivity (Wildman–Crippen MR) is 98.2 cm³/mol. The maximum Gasteiger partial charge on any atom is 0.227 e. The minimum absolute atomic E-state index is 0.0181. The van der Waals surface area contributed by atoms with E-state index in [0.717, 1.165) is 38.3 Å². The Morgan fingerprint density at radius 2 is 2.26 bits per heavy atom. The summed E-state index contributed by atoms with van der Waals surface area (Å²) < 4.78 is 30.9. The van der Waals surface area contributed by atoms with Crippen LogP contribution in [0.25, 0.3) is 0 Å². The first-order valence-electron chi connectivity index (χ1n) is 9.93. The average molecular weight is 377 g/mol. The van der Waals surface area contributed by atoms with Gasteiger partial charge in [-0.2, -0.15) is 0 Å². The smallest absolute Gasteiger partial charge is 0.227 e. The molecular weight excluding hydrogens is 349 g/mol. The Hall–Kier alpha value is -1.66. The molecule has 5 nitrogen and oxygen atoms in total. The highest BCUT2D eigenvalue weighted by molar-refractivity contribution is 5.79. The van der Waals surface area contributed by atoms with Gasteiger partial charge in [-0.1, -0.05) is 6.07 Å². The first-order chi connectivity index (χ1) is 13.1. The quantitative estimate of drug-likeness (QED) is 0.765. The summed E-state index contributed by atoms with van der Waals surface area (Å²) in [6, 6.07) is 4.69. The molecule has 1 spiro atoms. The van der Waals surface area contributed by atoms with Gasteiger partial charge in [-0.3, -0.25) is 4.79 Å². The molecule has 2 saturated heterocycles. The molecule has 0 aromatic heterocycles. The van der Waals surface area contributed by atoms with Gasteiger partial charge in [0.1, 0.15) is 0 Å². The zero-order valence-corrected chi connectivity index (χ0v) is 15.9. The molecule has 1 aromatic carbocycles. The van der Waals surface area contributed by atoms with E-state index in [2.05, 4.69) is 0 Å². The highest BCUT2D eigenvalue weighted by atomic mass is 19.1. The van der Waals surface area contributed by atoms with Crippen molar-refractivity contribution in [3.8, 4) is 5.75 Å². The zero-order valence-electron chi connectivity index (χ0n) is 15.9. The van der Waals surface area contributed by atoms with Gasteiger partial charge < -0.3 is 19.1 Å². The second kappa shape index (κ2) is 7.76. The molecule has 0 N–H and O–H groups in total. The molecule has 1 aromatic rings. The lowest BCUT2D eigenvalue weighted by Crippen LogP contribution is -2.50. The Morgan fingerprint density at radius 1 is 1.41 bits per heavy atom. The minimum atomic E-state index is -0.437. The predicted octanol–water partition coefficient (Wildman–Crippen LogP) is 2.95. The number of likely N-dealkylation sites (tertiary alicyclic amines) is 1. The van der Waals surface area contributed by atoms with Crippen LogP contribution >= 0.6 is 0 Å². The molecule has 148 valence electrons. The lowest BCUT2D eigenvalue weighted by Gasteiger charge is -2.39. The molecule has 0 bridgehead atoms. The third-order valence-electron chi connectivity index (χ3n) is 5.90. The Bertz CT molecular complexity index is 693. The monoisotopic (exact) mass is 377 g/mol. The van der Waals surface area contributed by atoms with E-state index in [1.54, 1.807) is 12.1 Å². The molecule has 3 fully saturated rings. The van der Waals surface area contributed by atoms with E-state index in [0.29, 0.717) is 18.7 Å². The van der Waals surface area contributed by atoms with Crippen LogP contribution in [0.4, 0.5) is 4.39 Å². The summed E-state index contributed by atoms with van der Waals surface area (Å²) in [5, 5.41) is 0. The average Bonchev–Trinajstić information content (AvgIpc) is 3.42. The van der Waals surface area contributed by atoms with Gasteiger partial charge >= 0.3 is 0 Å². The van der Waals surface area contributed by atoms with Gasteiger partial charge in [0.15, 0.2) is 11.6 Å². The molecule has 27 heavy (non-hydrogen) atoms. The molecule has 0 unspecified atom stereocenters. The number of rotatable bonds is 6. The van der Waals surface area contributed by atoms with Crippen LogP contribution in [0.1, 0.15) is 37.7 Å². The normalized spacial score (nSPS) is 27.9. The van der Waals surface area contributed by atoms with Crippen molar-refractivity contribution in [3.05, 3.63) is 29.6 Å². The second-order valence-electron chi connectivity index (χ2n) is 8.16. The fraction of sp³-hybridized carbons (Fsp3) is 0.667. The fourth-order valence-corrected chi connectivity index (χ4v) is 4.17. The van der Waals surface area contributed by atoms with Crippen LogP contribution in [0.5, 0.6) is 5.75 Å². The van der Waals surface area contributed by atoms with Crippen LogP contribution in [0.15, 0.2) is 18.2 Å². The molecular formula is C21H28FNO4. The summed E-state index contributed by atoms with van der Waals surface area (Å²) in [4.78, 5) is 14.6. The number of amides is 1. The molecule has 6 heteroatoms. The van der Waals surface area contributed by atoms with Crippen molar-refractivity contribution < 1.29 is 23.4 Å². The molecule has 0 radical (unpaired) electrons. The summed E-state index contributed by atoms with van der Waals surface area (Å²) >= 11 is 0. The van der Waals surface area contributed by atoms with Gasteiger partial charge in [0.25, 0.3) is 0 Å². The first kappa shape index (κ1) is 18.7. The van der Waals surface area contributed by atoms with E-state index in [9.17, 15) is 9.18 Å². The molecule has 2 atom stereocenters. The van der Waals surface area contributed by atoms with Crippen LogP contribution in [0.2, 0.25) is 0 Å². The number of nitrogens with zero attached hydrogens (tertiary/aromatic N) is 1. The molecule has 2 aliphatic heterocycles. The van der Waals surface area contributed by atoms with Crippen LogP contribution in [-0.2, 0) is 20.7 Å². The van der Waals surface area contributed by atoms with Gasteiger partial charge in [0.2, 0.25) is 5.91 Å². The SMILES string of the molecule is COc1ccc(CC(=O)N2CCC[C@@]3(C[C@@H](OCC4CC4)CO3)C2)cc1F. The van der Waals surface area contributed by atoms with Crippen molar-refractivity contribution in [2.24, 2.45) is 5.92 Å². The minimum Gasteiger partial charge on any atom is -0.494 e. The maximum atomic E-state index is 13.9. The Morgan fingerprint density at radius 3 is 3.00 bits per heavy atom. The summed E-state index contributed by atoms with van der Waals surface area (Å²) in [7, 11) is 1.43. The van der Waals surface area contributed by atoms with Gasteiger partial charge in [-0.25, -0.2) is 4.39 Å². The number of ether oxygens (including phenoxy) is 3. The second-order valence-corrected chi connectivity index (χ2v) is 8.16. The molecule has 1 saturated carbocycles. The maximum absolute atomic E-state index is 13.9. The van der Waals surface area contributed by atoms with Crippen molar-refractivity contribution in [1.29, 1.82) is 0 Å². The number of hydrogen-bond acceptors (Lipinski definition) is 4. The van der Waals surface area contributed by atoms with Crippen LogP contribution < -0.4 is 4.74 Å². The van der Waals surface area contributed by atoms with E-state index in [1.807, 2.05) is 4.90 Å². The number of methoxy groups -OCH3 is 1. The van der Waals surface area contributed by atoms with Crippen molar-refractivity contribution >= 4 is 5.91 Å². The van der Waals surface area contributed by atoms with E-state index in [-0.39, 0.29) is 29.8 Å². The number of carbonyl (C=O) groups is 1. The Balaban J connectivity index is 1.33. The van der Waals surface area contributed by atoms with Gasteiger partial charge in [-0.15, -0.1) is 0 Å². The van der Waals surface area contributed by atoms with Crippen LogP contribution in [0, 0.1) is 11.7 Å². The van der Waals surface area contributed by atoms with E-state index in [4.69, 9.17) is 14.2 Å². The number of carbonyl (C=O) groups excluding carboxylic acids is 1. The molecule has 1 amide bonds. The van der Waals surface area contributed by atoms with Gasteiger partial charge in [-0.05, 0) is 49.3 Å². The van der Waals surface area contributed by atoms with E-state index < -0.39 is 5.82 Å².